The Morgan fingerprint density at radius 3 is 2.94 bits per heavy atom. The third-order valence-corrected chi connectivity index (χ3v) is 4.07. The number of fused-ring (bicyclic) bond motifs is 3. The van der Waals surface area contributed by atoms with E-state index in [2.05, 4.69) is 19.1 Å². The highest BCUT2D eigenvalue weighted by Gasteiger charge is 2.45. The number of benzene rings is 1. The molecule has 2 aliphatic rings. The van der Waals surface area contributed by atoms with Gasteiger partial charge in [-0.2, -0.15) is 0 Å². The van der Waals surface area contributed by atoms with Crippen LogP contribution in [-0.2, 0) is 0 Å². The molecule has 0 radical (unpaired) electrons. The predicted octanol–water partition coefficient (Wildman–Crippen LogP) is 3.23. The van der Waals surface area contributed by atoms with E-state index in [4.69, 9.17) is 4.74 Å². The van der Waals surface area contributed by atoms with E-state index in [9.17, 15) is 5.11 Å². The average molecular weight is 230 g/mol. The van der Waals surface area contributed by atoms with E-state index in [0.717, 1.165) is 18.6 Å². The van der Waals surface area contributed by atoms with Crippen molar-refractivity contribution in [3.63, 3.8) is 0 Å². The van der Waals surface area contributed by atoms with Crippen LogP contribution in [0.25, 0.3) is 0 Å². The number of rotatable bonds is 0. The van der Waals surface area contributed by atoms with Crippen molar-refractivity contribution in [3.05, 3.63) is 41.5 Å². The van der Waals surface area contributed by atoms with E-state index in [-0.39, 0.29) is 5.92 Å². The highest BCUT2D eigenvalue weighted by atomic mass is 16.6. The second-order valence-corrected chi connectivity index (χ2v) is 5.40. The van der Waals surface area contributed by atoms with Crippen LogP contribution in [0.2, 0.25) is 0 Å². The van der Waals surface area contributed by atoms with Gasteiger partial charge in [-0.05, 0) is 31.4 Å². The van der Waals surface area contributed by atoms with Gasteiger partial charge in [-0.25, -0.2) is 0 Å². The van der Waals surface area contributed by atoms with Gasteiger partial charge in [0.1, 0.15) is 5.75 Å². The van der Waals surface area contributed by atoms with Crippen LogP contribution in [0, 0.1) is 5.92 Å². The Bertz CT molecular complexity index is 474. The topological polar surface area (TPSA) is 29.5 Å². The molecule has 17 heavy (non-hydrogen) atoms. The van der Waals surface area contributed by atoms with Crippen molar-refractivity contribution in [3.8, 4) is 5.75 Å². The molecule has 2 nitrogen and oxygen atoms in total. The summed E-state index contributed by atoms with van der Waals surface area (Å²) in [7, 11) is 0. The van der Waals surface area contributed by atoms with Crippen LogP contribution >= 0.6 is 0 Å². The number of hydrogen-bond acceptors (Lipinski definition) is 2. The molecule has 0 aromatic heterocycles. The Hall–Kier alpha value is -1.28. The number of aliphatic hydroxyl groups is 1. The molecule has 2 heteroatoms. The maximum absolute atomic E-state index is 10.5. The van der Waals surface area contributed by atoms with Crippen LogP contribution in [-0.4, -0.2) is 10.9 Å². The van der Waals surface area contributed by atoms with E-state index in [0.29, 0.717) is 5.92 Å². The first kappa shape index (κ1) is 10.8. The molecule has 0 unspecified atom stereocenters. The number of para-hydroxylation sites is 1. The summed E-state index contributed by atoms with van der Waals surface area (Å²) >= 11 is 0. The molecule has 90 valence electrons. The molecule has 0 amide bonds. The minimum atomic E-state index is -1.05. The third kappa shape index (κ3) is 1.67. The summed E-state index contributed by atoms with van der Waals surface area (Å²) in [5, 5.41) is 10.5. The van der Waals surface area contributed by atoms with E-state index in [1.165, 1.54) is 11.1 Å². The molecule has 1 aromatic rings. The summed E-state index contributed by atoms with van der Waals surface area (Å²) in [6.45, 7) is 3.96. The van der Waals surface area contributed by atoms with E-state index >= 15 is 0 Å². The molecular weight excluding hydrogens is 212 g/mol. The molecule has 1 N–H and O–H groups in total. The first-order valence-electron chi connectivity index (χ1n) is 6.24. The summed E-state index contributed by atoms with van der Waals surface area (Å²) < 4.78 is 5.75. The molecule has 0 spiro atoms. The Kier molecular flexibility index (Phi) is 2.30. The molecule has 0 bridgehead atoms. The lowest BCUT2D eigenvalue weighted by atomic mass is 9.71. The van der Waals surface area contributed by atoms with Crippen molar-refractivity contribution in [2.75, 3.05) is 0 Å². The quantitative estimate of drug-likeness (QED) is 0.693. The van der Waals surface area contributed by atoms with Gasteiger partial charge in [-0.15, -0.1) is 0 Å². The van der Waals surface area contributed by atoms with Crippen molar-refractivity contribution < 1.29 is 9.84 Å². The van der Waals surface area contributed by atoms with E-state index < -0.39 is 5.79 Å². The van der Waals surface area contributed by atoms with E-state index in [1.807, 2.05) is 18.2 Å². The highest BCUT2D eigenvalue weighted by molar-refractivity contribution is 5.41. The summed E-state index contributed by atoms with van der Waals surface area (Å²) in [6.07, 6.45) is 4.16. The van der Waals surface area contributed by atoms with Crippen molar-refractivity contribution in [1.29, 1.82) is 0 Å². The van der Waals surface area contributed by atoms with Crippen LogP contribution in [0.15, 0.2) is 35.9 Å². The fourth-order valence-electron chi connectivity index (χ4n) is 3.16. The Morgan fingerprint density at radius 2 is 2.12 bits per heavy atom. The van der Waals surface area contributed by atoms with Crippen molar-refractivity contribution >= 4 is 0 Å². The van der Waals surface area contributed by atoms with Crippen molar-refractivity contribution in [1.82, 2.24) is 0 Å². The summed E-state index contributed by atoms with van der Waals surface area (Å²) in [5.74, 6) is 0.352. The zero-order valence-electron chi connectivity index (χ0n) is 10.3. The normalized spacial score (nSPS) is 35.4. The lowest BCUT2D eigenvalue weighted by Crippen LogP contribution is -2.47. The molecule has 0 fully saturated rings. The maximum Gasteiger partial charge on any atom is 0.209 e. The lowest BCUT2D eigenvalue weighted by Gasteiger charge is -2.45. The molecule has 1 aromatic carbocycles. The molecule has 0 saturated carbocycles. The molecular formula is C15H18O2. The van der Waals surface area contributed by atoms with Crippen LogP contribution in [0.3, 0.4) is 0 Å². The molecule has 3 rings (SSSR count). The monoisotopic (exact) mass is 230 g/mol. The number of allylic oxidation sites excluding steroid dienone is 2. The molecule has 1 aliphatic heterocycles. The Labute approximate surface area is 102 Å². The standard InChI is InChI=1S/C15H18O2/c1-10-7-8-13-12(9-10)11-5-3-4-6-14(11)17-15(13,2)16/h3-7,12-13,16H,8-9H2,1-2H3/t12-,13+,15-/m1/s1. The van der Waals surface area contributed by atoms with Crippen molar-refractivity contribution in [2.24, 2.45) is 5.92 Å². The van der Waals surface area contributed by atoms with Gasteiger partial charge in [0.25, 0.3) is 0 Å². The van der Waals surface area contributed by atoms with E-state index in [1.54, 1.807) is 6.92 Å². The zero-order valence-corrected chi connectivity index (χ0v) is 10.3. The van der Waals surface area contributed by atoms with Gasteiger partial charge in [0, 0.05) is 18.8 Å². The number of hydrogen-bond donors (Lipinski definition) is 1. The van der Waals surface area contributed by atoms with Crippen LogP contribution in [0.5, 0.6) is 5.75 Å². The largest absolute Gasteiger partial charge is 0.462 e. The first-order chi connectivity index (χ1) is 8.08. The van der Waals surface area contributed by atoms with Crippen molar-refractivity contribution in [2.45, 2.75) is 38.4 Å². The van der Waals surface area contributed by atoms with Crippen LogP contribution in [0.4, 0.5) is 0 Å². The average Bonchev–Trinajstić information content (AvgIpc) is 2.28. The summed E-state index contributed by atoms with van der Waals surface area (Å²) in [5.41, 5.74) is 2.66. The SMILES string of the molecule is CC1=CC[C@H]2[C@H](C1)c1ccccc1O[C@@]2(C)O. The highest BCUT2D eigenvalue weighted by Crippen LogP contribution is 2.50. The van der Waals surface area contributed by atoms with Crippen LogP contribution in [0.1, 0.15) is 38.2 Å². The fourth-order valence-corrected chi connectivity index (χ4v) is 3.16. The van der Waals surface area contributed by atoms with Gasteiger partial charge >= 0.3 is 0 Å². The molecule has 3 atom stereocenters. The first-order valence-corrected chi connectivity index (χ1v) is 6.24. The Balaban J connectivity index is 2.10. The predicted molar refractivity (Wildman–Crippen MR) is 66.9 cm³/mol. The minimum absolute atomic E-state index is 0.168. The zero-order chi connectivity index (χ0) is 12.0. The Morgan fingerprint density at radius 1 is 1.35 bits per heavy atom. The summed E-state index contributed by atoms with van der Waals surface area (Å²) in [4.78, 5) is 0. The maximum atomic E-state index is 10.5. The van der Waals surface area contributed by atoms with Gasteiger partial charge in [-0.1, -0.05) is 29.8 Å². The minimum Gasteiger partial charge on any atom is -0.462 e. The van der Waals surface area contributed by atoms with Crippen LogP contribution < -0.4 is 4.74 Å². The van der Waals surface area contributed by atoms with Gasteiger partial charge < -0.3 is 9.84 Å². The third-order valence-electron chi connectivity index (χ3n) is 4.07. The second kappa shape index (κ2) is 3.61. The molecule has 0 saturated heterocycles. The van der Waals surface area contributed by atoms with Gasteiger partial charge in [0.2, 0.25) is 5.79 Å². The number of ether oxygens (including phenoxy) is 1. The molecule has 1 aliphatic carbocycles. The second-order valence-electron chi connectivity index (χ2n) is 5.40. The lowest BCUT2D eigenvalue weighted by molar-refractivity contribution is -0.180. The van der Waals surface area contributed by atoms with Gasteiger partial charge in [-0.3, -0.25) is 0 Å². The van der Waals surface area contributed by atoms with Gasteiger partial charge in [0.15, 0.2) is 0 Å². The smallest absolute Gasteiger partial charge is 0.209 e. The fraction of sp³-hybridized carbons (Fsp3) is 0.467. The van der Waals surface area contributed by atoms with Gasteiger partial charge in [0.05, 0.1) is 0 Å². The summed E-state index contributed by atoms with van der Waals surface area (Å²) in [6, 6.07) is 8.09. The molecule has 1 heterocycles.